The highest BCUT2D eigenvalue weighted by atomic mass is 32.1. The number of β-amino-alcohol motifs (C(OH)–C–C–N with tert-alkyl or cyclic N) is 1. The highest BCUT2D eigenvalue weighted by molar-refractivity contribution is 7.13. The number of aromatic nitrogens is 2. The van der Waals surface area contributed by atoms with E-state index in [4.69, 9.17) is 9.26 Å². The van der Waals surface area contributed by atoms with Crippen LogP contribution in [0.4, 0.5) is 5.82 Å². The summed E-state index contributed by atoms with van der Waals surface area (Å²) in [4.78, 5) is 42.5. The summed E-state index contributed by atoms with van der Waals surface area (Å²) >= 11 is 1.61. The molecule has 2 amide bonds. The number of anilines is 1. The molecule has 322 valence electrons. The van der Waals surface area contributed by atoms with Crippen molar-refractivity contribution in [2.75, 3.05) is 57.3 Å². The number of aliphatic hydroxyl groups is 2. The Labute approximate surface area is 353 Å². The molecule has 0 radical (unpaired) electrons. The molecule has 4 atom stereocenters. The molecular formula is C45H65N7O6S. The fourth-order valence-corrected chi connectivity index (χ4v) is 10.9. The van der Waals surface area contributed by atoms with E-state index in [1.54, 1.807) is 16.2 Å². The van der Waals surface area contributed by atoms with Gasteiger partial charge in [-0.25, -0.2) is 4.98 Å². The molecule has 8 rings (SSSR count). The van der Waals surface area contributed by atoms with Crippen molar-refractivity contribution in [3.63, 3.8) is 0 Å². The van der Waals surface area contributed by atoms with Gasteiger partial charge < -0.3 is 39.5 Å². The number of nitrogens with zero attached hydrogens (tertiary/aromatic N) is 6. The quantitative estimate of drug-likeness (QED) is 0.204. The number of ether oxygens (including phenoxy) is 1. The molecule has 5 fully saturated rings. The first-order chi connectivity index (χ1) is 28.5. The van der Waals surface area contributed by atoms with Crippen LogP contribution in [0, 0.1) is 18.8 Å². The Kier molecular flexibility index (Phi) is 13.4. The van der Waals surface area contributed by atoms with Crippen molar-refractivity contribution < 1.29 is 29.1 Å². The van der Waals surface area contributed by atoms with Gasteiger partial charge in [0.05, 0.1) is 46.5 Å². The average molecular weight is 832 g/mol. The van der Waals surface area contributed by atoms with E-state index >= 15 is 0 Å². The van der Waals surface area contributed by atoms with Crippen LogP contribution in [0.1, 0.15) is 108 Å². The van der Waals surface area contributed by atoms with Gasteiger partial charge in [-0.1, -0.05) is 43.3 Å². The predicted molar refractivity (Wildman–Crippen MR) is 228 cm³/mol. The summed E-state index contributed by atoms with van der Waals surface area (Å²) in [5.41, 5.74) is 4.88. The molecule has 3 unspecified atom stereocenters. The maximum atomic E-state index is 14.3. The van der Waals surface area contributed by atoms with Crippen molar-refractivity contribution in [2.45, 2.75) is 134 Å². The number of hydrogen-bond donors (Lipinski definition) is 3. The molecule has 13 nitrogen and oxygen atoms in total. The van der Waals surface area contributed by atoms with Gasteiger partial charge in [0.2, 0.25) is 11.8 Å². The molecule has 14 heteroatoms. The molecule has 5 aliphatic rings. The SMILES string of the molecule is Cc1ncsc1-c1ccc(C(C)NC(=O)C2C[C@@H](O)CN2C(=O)C(c2cc(N3CCC(CN4CCC(OC5CC(N6CCC(O)CC6)C5)CC4)CC3)no2)C(C)C)cc1. The molecule has 3 N–H and O–H groups in total. The van der Waals surface area contributed by atoms with Gasteiger partial charge in [0.25, 0.3) is 0 Å². The fraction of sp³-hybridized carbons (Fsp3) is 0.689. The summed E-state index contributed by atoms with van der Waals surface area (Å²) in [7, 11) is 0. The Bertz CT molecular complexity index is 1840. The van der Waals surface area contributed by atoms with Gasteiger partial charge in [-0.2, -0.15) is 0 Å². The van der Waals surface area contributed by atoms with Gasteiger partial charge in [0.15, 0.2) is 11.6 Å². The van der Waals surface area contributed by atoms with Gasteiger partial charge in [0, 0.05) is 70.9 Å². The van der Waals surface area contributed by atoms with Gasteiger partial charge in [-0.3, -0.25) is 14.5 Å². The van der Waals surface area contributed by atoms with Crippen molar-refractivity contribution in [2.24, 2.45) is 11.8 Å². The Morgan fingerprint density at radius 2 is 1.63 bits per heavy atom. The molecule has 3 aromatic rings. The minimum atomic E-state index is -0.784. The first kappa shape index (κ1) is 42.3. The summed E-state index contributed by atoms with van der Waals surface area (Å²) in [6.45, 7) is 15.1. The number of rotatable bonds is 13. The molecule has 1 aromatic carbocycles. The van der Waals surface area contributed by atoms with E-state index in [-0.39, 0.29) is 42.8 Å². The molecule has 2 aromatic heterocycles. The number of likely N-dealkylation sites (tertiary alicyclic amines) is 3. The number of carbonyl (C=O) groups excluding carboxylic acids is 2. The first-order valence-electron chi connectivity index (χ1n) is 22.3. The monoisotopic (exact) mass is 831 g/mol. The molecule has 0 bridgehead atoms. The van der Waals surface area contributed by atoms with Crippen LogP contribution in [-0.2, 0) is 14.3 Å². The standard InChI is InChI=1S/C45H65N7O6S/c1-28(2)42(45(56)52-26-36(54)23-39(52)44(55)47-29(3)32-5-7-33(8-6-32)43-30(4)46-27-59-43)40-24-41(48-58-40)51-17-9-31(10-18-51)25-49-15-13-37(14-16-49)57-38-21-34(22-38)50-19-11-35(53)12-20-50/h5-8,24,27-29,31,34-39,42,53-54H,9-23,25-26H2,1-4H3,(H,47,55)/t29?,34?,36-,38?,39?,42?/m1/s1. The molecule has 1 saturated carbocycles. The van der Waals surface area contributed by atoms with Crippen molar-refractivity contribution in [1.82, 2.24) is 30.2 Å². The van der Waals surface area contributed by atoms with Crippen molar-refractivity contribution in [3.05, 3.63) is 52.9 Å². The summed E-state index contributed by atoms with van der Waals surface area (Å²) in [6, 6.07) is 9.61. The molecule has 1 aliphatic carbocycles. The molecule has 4 saturated heterocycles. The van der Waals surface area contributed by atoms with Gasteiger partial charge in [0.1, 0.15) is 12.0 Å². The van der Waals surface area contributed by atoms with Crippen molar-refractivity contribution in [3.8, 4) is 10.4 Å². The lowest BCUT2D eigenvalue weighted by Crippen LogP contribution is -2.52. The summed E-state index contributed by atoms with van der Waals surface area (Å²) in [6.07, 6.45) is 8.55. The number of piperidine rings is 3. The third kappa shape index (κ3) is 9.89. The Hall–Kier alpha value is -3.40. The summed E-state index contributed by atoms with van der Waals surface area (Å²) in [5, 5.41) is 28.1. The van der Waals surface area contributed by atoms with Gasteiger partial charge in [-0.15, -0.1) is 11.3 Å². The highest BCUT2D eigenvalue weighted by Crippen LogP contribution is 2.36. The van der Waals surface area contributed by atoms with E-state index in [2.05, 4.69) is 30.2 Å². The number of aryl methyl sites for hydroxylation is 1. The third-order valence-electron chi connectivity index (χ3n) is 13.9. The van der Waals surface area contributed by atoms with E-state index < -0.39 is 18.1 Å². The predicted octanol–water partition coefficient (Wildman–Crippen LogP) is 5.37. The van der Waals surface area contributed by atoms with Crippen LogP contribution < -0.4 is 10.2 Å². The van der Waals surface area contributed by atoms with E-state index in [0.29, 0.717) is 29.9 Å². The molecule has 59 heavy (non-hydrogen) atoms. The lowest BCUT2D eigenvalue weighted by Gasteiger charge is -2.46. The van der Waals surface area contributed by atoms with Crippen LogP contribution in [-0.4, -0.2) is 136 Å². The Balaban J connectivity index is 0.790. The zero-order valence-corrected chi connectivity index (χ0v) is 36.2. The first-order valence-corrected chi connectivity index (χ1v) is 23.2. The van der Waals surface area contributed by atoms with Crippen LogP contribution in [0.5, 0.6) is 0 Å². The van der Waals surface area contributed by atoms with Gasteiger partial charge >= 0.3 is 0 Å². The summed E-state index contributed by atoms with van der Waals surface area (Å²) in [5.74, 6) is 0.663. The molecular weight excluding hydrogens is 767 g/mol. The minimum Gasteiger partial charge on any atom is -0.393 e. The number of amides is 2. The van der Waals surface area contributed by atoms with Crippen LogP contribution in [0.25, 0.3) is 10.4 Å². The van der Waals surface area contributed by atoms with Crippen LogP contribution in [0.15, 0.2) is 40.4 Å². The number of benzene rings is 1. The van der Waals surface area contributed by atoms with Crippen molar-refractivity contribution in [1.29, 1.82) is 0 Å². The number of aliphatic hydroxyl groups excluding tert-OH is 2. The van der Waals surface area contributed by atoms with E-state index in [0.717, 1.165) is 125 Å². The van der Waals surface area contributed by atoms with E-state index in [1.807, 2.05) is 63.5 Å². The average Bonchev–Trinajstić information content (AvgIpc) is 3.98. The fourth-order valence-electron chi connectivity index (χ4n) is 10.1. The van der Waals surface area contributed by atoms with Crippen LogP contribution >= 0.6 is 11.3 Å². The number of thiazole rings is 1. The normalized spacial score (nSPS) is 26.6. The molecule has 0 spiro atoms. The second-order valence-corrected chi connectivity index (χ2v) is 19.3. The van der Waals surface area contributed by atoms with Crippen molar-refractivity contribution >= 4 is 29.0 Å². The maximum absolute atomic E-state index is 14.3. The second kappa shape index (κ2) is 18.7. The number of carbonyl (C=O) groups is 2. The Morgan fingerprint density at radius 3 is 2.29 bits per heavy atom. The maximum Gasteiger partial charge on any atom is 0.243 e. The number of nitrogens with one attached hydrogen (secondary N) is 1. The zero-order chi connectivity index (χ0) is 41.2. The van der Waals surface area contributed by atoms with Crippen LogP contribution in [0.2, 0.25) is 0 Å². The highest BCUT2D eigenvalue weighted by Gasteiger charge is 2.44. The topological polar surface area (TPSA) is 148 Å². The minimum absolute atomic E-state index is 0.101. The smallest absolute Gasteiger partial charge is 0.243 e. The van der Waals surface area contributed by atoms with E-state index in [1.165, 1.54) is 0 Å². The number of hydrogen-bond acceptors (Lipinski definition) is 12. The zero-order valence-electron chi connectivity index (χ0n) is 35.4. The lowest BCUT2D eigenvalue weighted by atomic mass is 9.86. The lowest BCUT2D eigenvalue weighted by molar-refractivity contribution is -0.141. The summed E-state index contributed by atoms with van der Waals surface area (Å²) < 4.78 is 12.4. The Morgan fingerprint density at radius 1 is 0.915 bits per heavy atom. The molecule has 4 aliphatic heterocycles. The van der Waals surface area contributed by atoms with Crippen LogP contribution in [0.3, 0.4) is 0 Å². The molecule has 6 heterocycles. The van der Waals surface area contributed by atoms with E-state index in [9.17, 15) is 19.8 Å². The third-order valence-corrected chi connectivity index (χ3v) is 14.8. The largest absolute Gasteiger partial charge is 0.393 e. The second-order valence-electron chi connectivity index (χ2n) is 18.4. The van der Waals surface area contributed by atoms with Gasteiger partial charge in [-0.05, 0) is 88.2 Å².